The molecule has 0 amide bonds. The monoisotopic (exact) mass is 346 g/mol. The number of likely N-dealkylation sites (N-methyl/N-ethyl adjacent to an activating group) is 1. The zero-order valence-corrected chi connectivity index (χ0v) is 15.0. The lowest BCUT2D eigenvalue weighted by Crippen LogP contribution is -2.43. The largest absolute Gasteiger partial charge is 0.387 e. The van der Waals surface area contributed by atoms with Gasteiger partial charge in [0.25, 0.3) is 0 Å². The van der Waals surface area contributed by atoms with Gasteiger partial charge in [0, 0.05) is 31.1 Å². The summed E-state index contributed by atoms with van der Waals surface area (Å²) in [5.41, 5.74) is 0.975. The number of hydrogen-bond acceptors (Lipinski definition) is 5. The number of nitrogens with zero attached hydrogens (tertiary/aromatic N) is 2. The van der Waals surface area contributed by atoms with E-state index in [4.69, 9.17) is 4.74 Å². The van der Waals surface area contributed by atoms with E-state index in [9.17, 15) is 5.11 Å². The van der Waals surface area contributed by atoms with Gasteiger partial charge in [0.2, 0.25) is 0 Å². The van der Waals surface area contributed by atoms with Crippen LogP contribution in [0, 0.1) is 0 Å². The summed E-state index contributed by atoms with van der Waals surface area (Å²) in [6.45, 7) is 5.09. The van der Waals surface area contributed by atoms with Crippen LogP contribution in [-0.4, -0.2) is 61.3 Å². The predicted molar refractivity (Wildman–Crippen MR) is 98.4 cm³/mol. The average Bonchev–Trinajstić information content (AvgIpc) is 3.15. The van der Waals surface area contributed by atoms with E-state index in [0.717, 1.165) is 38.4 Å². The first-order valence-electron chi connectivity index (χ1n) is 8.51. The van der Waals surface area contributed by atoms with Crippen molar-refractivity contribution in [2.75, 3.05) is 46.4 Å². The molecule has 1 aromatic heterocycles. The van der Waals surface area contributed by atoms with Crippen LogP contribution in [0.15, 0.2) is 47.8 Å². The number of ether oxygens (including phenoxy) is 1. The quantitative estimate of drug-likeness (QED) is 0.836. The Balaban J connectivity index is 1.63. The summed E-state index contributed by atoms with van der Waals surface area (Å²) in [5, 5.41) is 12.6. The third kappa shape index (κ3) is 4.65. The number of rotatable bonds is 7. The van der Waals surface area contributed by atoms with Crippen molar-refractivity contribution in [3.8, 4) is 0 Å². The Kier molecular flexibility index (Phi) is 6.40. The molecule has 0 saturated carbocycles. The molecule has 2 aromatic rings. The second kappa shape index (κ2) is 8.74. The molecular weight excluding hydrogens is 320 g/mol. The minimum Gasteiger partial charge on any atom is -0.387 e. The van der Waals surface area contributed by atoms with Crippen molar-refractivity contribution in [2.24, 2.45) is 0 Å². The van der Waals surface area contributed by atoms with Crippen molar-refractivity contribution < 1.29 is 9.84 Å². The van der Waals surface area contributed by atoms with Gasteiger partial charge in [-0.25, -0.2) is 0 Å². The highest BCUT2D eigenvalue weighted by Crippen LogP contribution is 2.27. The maximum Gasteiger partial charge on any atom is 0.0916 e. The molecule has 1 aromatic carbocycles. The first-order valence-corrected chi connectivity index (χ1v) is 9.39. The van der Waals surface area contributed by atoms with E-state index in [1.165, 1.54) is 4.88 Å². The van der Waals surface area contributed by atoms with Crippen molar-refractivity contribution in [1.82, 2.24) is 9.80 Å². The molecule has 1 N–H and O–H groups in total. The third-order valence-electron chi connectivity index (χ3n) is 4.51. The van der Waals surface area contributed by atoms with Crippen LogP contribution < -0.4 is 0 Å². The number of aliphatic hydroxyl groups is 1. The standard InChI is InChI=1S/C19H26N2O2S/c1-20(15-18(22)16-6-3-2-4-7-16)14-17(19-8-5-13-24-19)21-9-11-23-12-10-21/h2-8,13,17-18,22H,9-12,14-15H2,1H3/t17-,18+/m0/s1. The summed E-state index contributed by atoms with van der Waals surface area (Å²) in [6, 6.07) is 14.6. The number of benzene rings is 1. The molecule has 4 nitrogen and oxygen atoms in total. The highest BCUT2D eigenvalue weighted by molar-refractivity contribution is 7.10. The van der Waals surface area contributed by atoms with Gasteiger partial charge in [0.05, 0.1) is 25.4 Å². The average molecular weight is 346 g/mol. The molecule has 3 rings (SSSR count). The Morgan fingerprint density at radius 2 is 1.88 bits per heavy atom. The smallest absolute Gasteiger partial charge is 0.0916 e. The van der Waals surface area contributed by atoms with E-state index in [0.29, 0.717) is 12.6 Å². The topological polar surface area (TPSA) is 35.9 Å². The highest BCUT2D eigenvalue weighted by Gasteiger charge is 2.25. The lowest BCUT2D eigenvalue weighted by Gasteiger charge is -2.36. The molecule has 0 aliphatic carbocycles. The summed E-state index contributed by atoms with van der Waals surface area (Å²) < 4.78 is 5.50. The van der Waals surface area contributed by atoms with Crippen molar-refractivity contribution in [2.45, 2.75) is 12.1 Å². The van der Waals surface area contributed by atoms with Gasteiger partial charge in [-0.15, -0.1) is 11.3 Å². The van der Waals surface area contributed by atoms with E-state index >= 15 is 0 Å². The minimum atomic E-state index is -0.454. The maximum absolute atomic E-state index is 10.5. The fourth-order valence-electron chi connectivity index (χ4n) is 3.20. The van der Waals surface area contributed by atoms with Gasteiger partial charge in [0.15, 0.2) is 0 Å². The molecule has 0 unspecified atom stereocenters. The minimum absolute atomic E-state index is 0.363. The van der Waals surface area contributed by atoms with Crippen LogP contribution >= 0.6 is 11.3 Å². The molecule has 130 valence electrons. The summed E-state index contributed by atoms with van der Waals surface area (Å²) in [6.07, 6.45) is -0.454. The number of aliphatic hydroxyl groups excluding tert-OH is 1. The van der Waals surface area contributed by atoms with E-state index < -0.39 is 6.10 Å². The Bertz CT molecular complexity index is 585. The summed E-state index contributed by atoms with van der Waals surface area (Å²) in [5.74, 6) is 0. The van der Waals surface area contributed by atoms with Crippen LogP contribution in [0.4, 0.5) is 0 Å². The van der Waals surface area contributed by atoms with Gasteiger partial charge in [-0.3, -0.25) is 4.90 Å². The van der Waals surface area contributed by atoms with E-state index in [1.54, 1.807) is 0 Å². The molecule has 2 atom stereocenters. The molecule has 5 heteroatoms. The van der Waals surface area contributed by atoms with E-state index in [2.05, 4.69) is 34.4 Å². The fraction of sp³-hybridized carbons (Fsp3) is 0.474. The molecular formula is C19H26N2O2S. The zero-order chi connectivity index (χ0) is 16.8. The molecule has 1 aliphatic heterocycles. The van der Waals surface area contributed by atoms with E-state index in [1.807, 2.05) is 41.7 Å². The lowest BCUT2D eigenvalue weighted by atomic mass is 10.1. The first kappa shape index (κ1) is 17.6. The number of morpholine rings is 1. The van der Waals surface area contributed by atoms with Crippen LogP contribution in [0.5, 0.6) is 0 Å². The molecule has 1 aliphatic rings. The maximum atomic E-state index is 10.5. The normalized spacial score (nSPS) is 18.6. The molecule has 24 heavy (non-hydrogen) atoms. The van der Waals surface area contributed by atoms with E-state index in [-0.39, 0.29) is 0 Å². The summed E-state index contributed by atoms with van der Waals surface area (Å²) in [4.78, 5) is 6.12. The number of hydrogen-bond donors (Lipinski definition) is 1. The van der Waals surface area contributed by atoms with Gasteiger partial charge in [0.1, 0.15) is 0 Å². The fourth-order valence-corrected chi connectivity index (χ4v) is 4.05. The second-order valence-electron chi connectivity index (χ2n) is 6.33. The molecule has 2 heterocycles. The molecule has 0 bridgehead atoms. The Morgan fingerprint density at radius 3 is 2.54 bits per heavy atom. The van der Waals surface area contributed by atoms with Gasteiger partial charge in [-0.1, -0.05) is 36.4 Å². The molecule has 0 spiro atoms. The van der Waals surface area contributed by atoms with Crippen LogP contribution in [0.2, 0.25) is 0 Å². The van der Waals surface area contributed by atoms with Gasteiger partial charge in [-0.05, 0) is 24.1 Å². The SMILES string of the molecule is CN(C[C@@H](O)c1ccccc1)C[C@@H](c1cccs1)N1CCOCC1. The van der Waals surface area contributed by atoms with Gasteiger partial charge >= 0.3 is 0 Å². The second-order valence-corrected chi connectivity index (χ2v) is 7.31. The zero-order valence-electron chi connectivity index (χ0n) is 14.2. The van der Waals surface area contributed by atoms with Crippen LogP contribution in [0.25, 0.3) is 0 Å². The Morgan fingerprint density at radius 1 is 1.12 bits per heavy atom. The highest BCUT2D eigenvalue weighted by atomic mass is 32.1. The van der Waals surface area contributed by atoms with Crippen LogP contribution in [0.1, 0.15) is 22.6 Å². The molecule has 0 radical (unpaired) electrons. The number of thiophene rings is 1. The predicted octanol–water partition coefficient (Wildman–Crippen LogP) is 2.79. The summed E-state index contributed by atoms with van der Waals surface area (Å²) in [7, 11) is 2.09. The van der Waals surface area contributed by atoms with Crippen molar-refractivity contribution >= 4 is 11.3 Å². The van der Waals surface area contributed by atoms with Gasteiger partial charge in [-0.2, -0.15) is 0 Å². The first-order chi connectivity index (χ1) is 11.7. The third-order valence-corrected chi connectivity index (χ3v) is 5.49. The van der Waals surface area contributed by atoms with Crippen molar-refractivity contribution in [3.63, 3.8) is 0 Å². The Hall–Kier alpha value is -1.24. The van der Waals surface area contributed by atoms with Crippen LogP contribution in [0.3, 0.4) is 0 Å². The van der Waals surface area contributed by atoms with Crippen molar-refractivity contribution in [3.05, 3.63) is 58.3 Å². The van der Waals surface area contributed by atoms with Crippen LogP contribution in [-0.2, 0) is 4.74 Å². The Labute approximate surface area is 148 Å². The summed E-state index contributed by atoms with van der Waals surface area (Å²) >= 11 is 1.81. The van der Waals surface area contributed by atoms with Gasteiger partial charge < -0.3 is 14.7 Å². The molecule has 1 saturated heterocycles. The lowest BCUT2D eigenvalue weighted by molar-refractivity contribution is 0.00692. The van der Waals surface area contributed by atoms with Crippen molar-refractivity contribution in [1.29, 1.82) is 0 Å². The molecule has 1 fully saturated rings.